The van der Waals surface area contributed by atoms with Gasteiger partial charge >= 0.3 is 5.97 Å². The zero-order valence-electron chi connectivity index (χ0n) is 18.7. The first kappa shape index (κ1) is 22.9. The molecule has 1 saturated carbocycles. The average molecular weight is 466 g/mol. The summed E-state index contributed by atoms with van der Waals surface area (Å²) in [5, 5.41) is 3.59. The van der Waals surface area contributed by atoms with Crippen LogP contribution in [0.4, 0.5) is 0 Å². The summed E-state index contributed by atoms with van der Waals surface area (Å²) in [7, 11) is 1.30. The number of amides is 1. The van der Waals surface area contributed by atoms with Gasteiger partial charge in [0.15, 0.2) is 4.77 Å². The van der Waals surface area contributed by atoms with Crippen LogP contribution in [-0.4, -0.2) is 34.6 Å². The second-order valence-corrected chi connectivity index (χ2v) is 9.00. The van der Waals surface area contributed by atoms with E-state index < -0.39 is 5.97 Å². The van der Waals surface area contributed by atoms with E-state index in [-0.39, 0.29) is 28.8 Å². The van der Waals surface area contributed by atoms with Gasteiger partial charge in [0, 0.05) is 11.6 Å². The highest BCUT2D eigenvalue weighted by molar-refractivity contribution is 7.71. The molecule has 0 radical (unpaired) electrons. The van der Waals surface area contributed by atoms with E-state index in [2.05, 4.69) is 17.2 Å². The number of hydrogen-bond acceptors (Lipinski definition) is 5. The van der Waals surface area contributed by atoms with Crippen LogP contribution in [0.1, 0.15) is 58.9 Å². The number of aromatic nitrogens is 2. The molecule has 2 N–H and O–H groups in total. The van der Waals surface area contributed by atoms with Crippen LogP contribution in [0, 0.1) is 10.7 Å². The number of esters is 1. The van der Waals surface area contributed by atoms with Crippen molar-refractivity contribution in [3.05, 3.63) is 74.3 Å². The van der Waals surface area contributed by atoms with Gasteiger partial charge < -0.3 is 15.0 Å². The van der Waals surface area contributed by atoms with Gasteiger partial charge in [-0.1, -0.05) is 31.9 Å². The van der Waals surface area contributed by atoms with E-state index >= 15 is 0 Å². The molecule has 2 aromatic carbocycles. The number of nitrogens with one attached hydrogen (secondary N) is 2. The Hall–Kier alpha value is -3.26. The Labute approximate surface area is 196 Å². The molecule has 33 heavy (non-hydrogen) atoms. The predicted octanol–water partition coefficient (Wildman–Crippen LogP) is 4.20. The fourth-order valence-corrected chi connectivity index (χ4v) is 4.63. The van der Waals surface area contributed by atoms with Gasteiger partial charge in [-0.2, -0.15) is 0 Å². The lowest BCUT2D eigenvalue weighted by molar-refractivity contribution is 0.0600. The third kappa shape index (κ3) is 4.90. The molecular formula is C25H27N3O4S. The van der Waals surface area contributed by atoms with E-state index in [9.17, 15) is 14.4 Å². The smallest absolute Gasteiger partial charge is 0.337 e. The van der Waals surface area contributed by atoms with E-state index in [4.69, 9.17) is 17.0 Å². The van der Waals surface area contributed by atoms with Crippen LogP contribution in [0.15, 0.2) is 47.3 Å². The summed E-state index contributed by atoms with van der Waals surface area (Å²) in [4.78, 5) is 40.5. The summed E-state index contributed by atoms with van der Waals surface area (Å²) in [5.41, 5.74) is 2.02. The number of methoxy groups -OCH3 is 1. The Morgan fingerprint density at radius 1 is 1.12 bits per heavy atom. The number of hydrogen-bond donors (Lipinski definition) is 2. The number of nitrogens with zero attached hydrogens (tertiary/aromatic N) is 1. The van der Waals surface area contributed by atoms with Crippen molar-refractivity contribution in [2.45, 2.75) is 45.2 Å². The van der Waals surface area contributed by atoms with Crippen molar-refractivity contribution < 1.29 is 14.3 Å². The number of aromatic amines is 1. The van der Waals surface area contributed by atoms with E-state index in [1.54, 1.807) is 30.3 Å². The van der Waals surface area contributed by atoms with Crippen molar-refractivity contribution in [1.29, 1.82) is 0 Å². The molecule has 0 spiro atoms. The number of carbonyl (C=O) groups excluding carboxylic acids is 2. The zero-order valence-corrected chi connectivity index (χ0v) is 19.5. The predicted molar refractivity (Wildman–Crippen MR) is 129 cm³/mol. The molecule has 2 atom stereocenters. The molecule has 8 heteroatoms. The number of carbonyl (C=O) groups is 2. The van der Waals surface area contributed by atoms with E-state index in [0.717, 1.165) is 24.8 Å². The normalized spacial score (nSPS) is 18.1. The molecule has 1 aliphatic rings. The lowest BCUT2D eigenvalue weighted by Gasteiger charge is -2.29. The second-order valence-electron chi connectivity index (χ2n) is 8.61. The third-order valence-corrected chi connectivity index (χ3v) is 6.71. The molecule has 0 saturated heterocycles. The second kappa shape index (κ2) is 9.70. The van der Waals surface area contributed by atoms with E-state index in [1.807, 2.05) is 12.1 Å². The van der Waals surface area contributed by atoms with Crippen molar-refractivity contribution in [3.63, 3.8) is 0 Å². The highest BCUT2D eigenvalue weighted by atomic mass is 32.1. The Bertz CT molecular complexity index is 1310. The van der Waals surface area contributed by atoms with Gasteiger partial charge in [0.05, 0.1) is 30.1 Å². The Morgan fingerprint density at radius 2 is 1.82 bits per heavy atom. The molecule has 172 valence electrons. The van der Waals surface area contributed by atoms with Crippen LogP contribution in [0.5, 0.6) is 0 Å². The molecule has 0 aliphatic heterocycles. The SMILES string of the molecule is COC(=O)c1ccc2c(=O)n(Cc3ccc(C(=O)N[C@H]4CCCC[C@@H]4C)cc3)c(=S)[nH]c2c1. The topological polar surface area (TPSA) is 93.2 Å². The standard InChI is InChI=1S/C25H27N3O4S/c1-15-5-3-4-6-20(15)26-22(29)17-9-7-16(8-10-17)14-28-23(30)19-12-11-18(24(31)32-2)13-21(19)27-25(28)33/h7-13,15,20H,3-6,14H2,1-2H3,(H,26,29)(H,27,33)/t15-,20-/m0/s1. The molecular weight excluding hydrogens is 438 g/mol. The minimum atomic E-state index is -0.484. The van der Waals surface area contributed by atoms with Crippen LogP contribution in [0.25, 0.3) is 10.9 Å². The van der Waals surface area contributed by atoms with E-state index in [0.29, 0.717) is 27.9 Å². The molecule has 7 nitrogen and oxygen atoms in total. The molecule has 1 aliphatic carbocycles. The van der Waals surface area contributed by atoms with Gasteiger partial charge in [-0.05, 0) is 66.9 Å². The first-order valence-corrected chi connectivity index (χ1v) is 11.5. The zero-order chi connectivity index (χ0) is 23.5. The molecule has 0 unspecified atom stereocenters. The fraction of sp³-hybridized carbons (Fsp3) is 0.360. The fourth-order valence-electron chi connectivity index (χ4n) is 4.37. The lowest BCUT2D eigenvalue weighted by Crippen LogP contribution is -2.41. The minimum Gasteiger partial charge on any atom is -0.465 e. The molecule has 1 fully saturated rings. The highest BCUT2D eigenvalue weighted by Gasteiger charge is 2.23. The van der Waals surface area contributed by atoms with Crippen LogP contribution >= 0.6 is 12.2 Å². The molecule has 1 amide bonds. The monoisotopic (exact) mass is 465 g/mol. The van der Waals surface area contributed by atoms with Crippen LogP contribution in [-0.2, 0) is 11.3 Å². The number of rotatable bonds is 5. The van der Waals surface area contributed by atoms with E-state index in [1.165, 1.54) is 18.1 Å². The summed E-state index contributed by atoms with van der Waals surface area (Å²) in [5.74, 6) is -0.0588. The highest BCUT2D eigenvalue weighted by Crippen LogP contribution is 2.24. The van der Waals surface area contributed by atoms with Crippen molar-refractivity contribution in [3.8, 4) is 0 Å². The molecule has 1 heterocycles. The minimum absolute atomic E-state index is 0.0677. The van der Waals surface area contributed by atoms with Crippen LogP contribution < -0.4 is 10.9 Å². The van der Waals surface area contributed by atoms with Crippen LogP contribution in [0.3, 0.4) is 0 Å². The summed E-state index contributed by atoms with van der Waals surface area (Å²) in [6, 6.07) is 12.2. The van der Waals surface area contributed by atoms with Gasteiger partial charge in [0.2, 0.25) is 0 Å². The van der Waals surface area contributed by atoms with Gasteiger partial charge in [-0.25, -0.2) is 4.79 Å². The van der Waals surface area contributed by atoms with Gasteiger partial charge in [-0.3, -0.25) is 14.2 Å². The van der Waals surface area contributed by atoms with Crippen molar-refractivity contribution in [2.75, 3.05) is 7.11 Å². The Balaban J connectivity index is 1.53. The molecule has 4 rings (SSSR count). The maximum atomic E-state index is 13.0. The summed E-state index contributed by atoms with van der Waals surface area (Å²) >= 11 is 5.40. The first-order chi connectivity index (χ1) is 15.9. The van der Waals surface area contributed by atoms with Crippen molar-refractivity contribution >= 4 is 35.0 Å². The maximum absolute atomic E-state index is 13.0. The quantitative estimate of drug-likeness (QED) is 0.435. The van der Waals surface area contributed by atoms with Gasteiger partial charge in [-0.15, -0.1) is 0 Å². The summed E-state index contributed by atoms with van der Waals surface area (Å²) in [6.07, 6.45) is 4.55. The van der Waals surface area contributed by atoms with Crippen molar-refractivity contribution in [2.24, 2.45) is 5.92 Å². The van der Waals surface area contributed by atoms with Gasteiger partial charge in [0.1, 0.15) is 0 Å². The maximum Gasteiger partial charge on any atom is 0.337 e. The number of benzene rings is 2. The Morgan fingerprint density at radius 3 is 2.52 bits per heavy atom. The number of H-pyrrole nitrogens is 1. The lowest BCUT2D eigenvalue weighted by atomic mass is 9.86. The average Bonchev–Trinajstić information content (AvgIpc) is 2.82. The molecule has 0 bridgehead atoms. The van der Waals surface area contributed by atoms with Crippen LogP contribution in [0.2, 0.25) is 0 Å². The summed E-state index contributed by atoms with van der Waals surface area (Å²) in [6.45, 7) is 2.46. The number of ether oxygens (including phenoxy) is 1. The van der Waals surface area contributed by atoms with Gasteiger partial charge in [0.25, 0.3) is 11.5 Å². The summed E-state index contributed by atoms with van der Waals surface area (Å²) < 4.78 is 6.45. The number of fused-ring (bicyclic) bond motifs is 1. The first-order valence-electron chi connectivity index (χ1n) is 11.1. The van der Waals surface area contributed by atoms with Crippen molar-refractivity contribution in [1.82, 2.24) is 14.9 Å². The molecule has 3 aromatic rings. The third-order valence-electron chi connectivity index (χ3n) is 6.39. The molecule has 1 aromatic heterocycles. The largest absolute Gasteiger partial charge is 0.465 e. The Kier molecular flexibility index (Phi) is 6.74.